The third-order valence-electron chi connectivity index (χ3n) is 5.20. The molecule has 3 rings (SSSR count). The minimum Gasteiger partial charge on any atom is -0.494 e. The molecular weight excluding hydrogens is 507 g/mol. The molecule has 1 atom stereocenters. The molecule has 5 nitrogen and oxygen atoms in total. The number of nitrogens with one attached hydrogen (secondary N) is 1. The molecule has 1 aliphatic heterocycles. The number of benzene rings is 2. The Morgan fingerprint density at radius 3 is 2.29 bits per heavy atom. The lowest BCUT2D eigenvalue weighted by Gasteiger charge is -2.29. The van der Waals surface area contributed by atoms with Crippen molar-refractivity contribution in [2.24, 2.45) is 5.10 Å². The van der Waals surface area contributed by atoms with Crippen LogP contribution >= 0.6 is 34.8 Å². The van der Waals surface area contributed by atoms with E-state index in [4.69, 9.17) is 49.0 Å². The minimum absolute atomic E-state index is 0.0649. The molecule has 188 valence electrons. The second-order valence-electron chi connectivity index (χ2n) is 8.09. The fraction of sp³-hybridized carbons (Fsp3) is 0.370. The van der Waals surface area contributed by atoms with Crippen LogP contribution in [-0.4, -0.2) is 28.6 Å². The van der Waals surface area contributed by atoms with E-state index in [0.29, 0.717) is 19.0 Å². The number of hydrogen-bond acceptors (Lipinski definition) is 5. The Morgan fingerprint density at radius 1 is 0.971 bits per heavy atom. The van der Waals surface area contributed by atoms with Crippen molar-refractivity contribution in [3.8, 4) is 5.75 Å². The molecule has 0 bridgehead atoms. The summed E-state index contributed by atoms with van der Waals surface area (Å²) >= 11 is 18.2. The van der Waals surface area contributed by atoms with E-state index in [1.807, 2.05) is 72.8 Å². The molecule has 35 heavy (non-hydrogen) atoms. The summed E-state index contributed by atoms with van der Waals surface area (Å²) in [5.41, 5.74) is 3.58. The van der Waals surface area contributed by atoms with Gasteiger partial charge in [0.25, 0.3) is 15.4 Å². The number of alkyl halides is 3. The number of ether oxygens (including phenoxy) is 3. The van der Waals surface area contributed by atoms with Crippen molar-refractivity contribution < 1.29 is 14.2 Å². The number of hydrazone groups is 1. The van der Waals surface area contributed by atoms with Gasteiger partial charge in [-0.05, 0) is 48.3 Å². The Kier molecular flexibility index (Phi) is 10.2. The van der Waals surface area contributed by atoms with Crippen molar-refractivity contribution in [1.29, 1.82) is 0 Å². The second-order valence-corrected chi connectivity index (χ2v) is 10.4. The highest BCUT2D eigenvalue weighted by molar-refractivity contribution is 6.76. The Balaban J connectivity index is 1.92. The van der Waals surface area contributed by atoms with Gasteiger partial charge in [-0.1, -0.05) is 110 Å². The van der Waals surface area contributed by atoms with Crippen molar-refractivity contribution in [2.75, 3.05) is 13.2 Å². The van der Waals surface area contributed by atoms with Crippen LogP contribution in [0.15, 0.2) is 71.5 Å². The Labute approximate surface area is 222 Å². The molecule has 2 aromatic rings. The van der Waals surface area contributed by atoms with E-state index in [-0.39, 0.29) is 5.90 Å². The van der Waals surface area contributed by atoms with Gasteiger partial charge in [0, 0.05) is 0 Å². The van der Waals surface area contributed by atoms with Gasteiger partial charge in [-0.3, -0.25) is 5.43 Å². The van der Waals surface area contributed by atoms with Gasteiger partial charge in [0.15, 0.2) is 5.76 Å². The van der Waals surface area contributed by atoms with Gasteiger partial charge in [0.2, 0.25) is 0 Å². The lowest BCUT2D eigenvalue weighted by molar-refractivity contribution is 0.0539. The van der Waals surface area contributed by atoms with E-state index < -0.39 is 9.52 Å². The first-order valence-corrected chi connectivity index (χ1v) is 12.9. The third kappa shape index (κ3) is 8.09. The first-order chi connectivity index (χ1) is 16.9. The van der Waals surface area contributed by atoms with Crippen LogP contribution in [0.5, 0.6) is 5.75 Å². The zero-order chi connectivity index (χ0) is 25.2. The molecule has 8 heteroatoms. The molecule has 0 amide bonds. The van der Waals surface area contributed by atoms with Crippen molar-refractivity contribution >= 4 is 52.9 Å². The highest BCUT2D eigenvalue weighted by atomic mass is 35.6. The summed E-state index contributed by atoms with van der Waals surface area (Å²) < 4.78 is 16.3. The Morgan fingerprint density at radius 2 is 1.66 bits per heavy atom. The number of nitrogens with zero attached hydrogens (tertiary/aromatic N) is 1. The second kappa shape index (κ2) is 13.1. The summed E-state index contributed by atoms with van der Waals surface area (Å²) in [5, 5.41) is 4.18. The van der Waals surface area contributed by atoms with Gasteiger partial charge in [0.05, 0.1) is 13.2 Å². The first kappa shape index (κ1) is 27.3. The van der Waals surface area contributed by atoms with Crippen LogP contribution in [-0.2, 0) is 9.47 Å². The highest BCUT2D eigenvalue weighted by Gasteiger charge is 2.47. The topological polar surface area (TPSA) is 52.1 Å². The summed E-state index contributed by atoms with van der Waals surface area (Å²) in [7, 11) is 0. The van der Waals surface area contributed by atoms with E-state index in [2.05, 4.69) is 24.4 Å². The monoisotopic (exact) mass is 536 g/mol. The van der Waals surface area contributed by atoms with Crippen LogP contribution in [0.2, 0.25) is 0 Å². The quantitative estimate of drug-likeness (QED) is 0.171. The maximum Gasteiger partial charge on any atom is 0.274 e. The van der Waals surface area contributed by atoms with Crippen molar-refractivity contribution in [1.82, 2.24) is 5.43 Å². The highest BCUT2D eigenvalue weighted by Crippen LogP contribution is 2.37. The fourth-order valence-electron chi connectivity index (χ4n) is 3.22. The zero-order valence-electron chi connectivity index (χ0n) is 20.0. The maximum atomic E-state index is 6.20. The molecular formula is C27H31Cl3N2O3. The summed E-state index contributed by atoms with van der Waals surface area (Å²) in [5.74, 6) is 1.26. The van der Waals surface area contributed by atoms with Gasteiger partial charge in [-0.2, -0.15) is 0 Å². The molecule has 2 aromatic carbocycles. The smallest absolute Gasteiger partial charge is 0.274 e. The standard InChI is InChI=1S/C27H31Cl3N2O3/c1-3-5-18-33-23-14-12-21(13-15-23)16-17-26(32-31-25(35-26)27(28,29)30)24(34-19-6-4-2)20-22-10-8-7-9-11-22/h7-17,20,32H,3-6,18-19H2,1-2H3. The van der Waals surface area contributed by atoms with Crippen LogP contribution in [0.4, 0.5) is 0 Å². The summed E-state index contributed by atoms with van der Waals surface area (Å²) in [6.07, 6.45) is 9.59. The molecule has 1 unspecified atom stereocenters. The lowest BCUT2D eigenvalue weighted by atomic mass is 10.1. The maximum absolute atomic E-state index is 6.20. The SMILES string of the molecule is CCCCOC(=Cc1ccccc1)C1(C=Cc2ccc(OCCCC)cc2)NN=C(C(Cl)(Cl)Cl)O1. The van der Waals surface area contributed by atoms with Crippen LogP contribution in [0, 0.1) is 0 Å². The van der Waals surface area contributed by atoms with Gasteiger partial charge in [-0.25, -0.2) is 0 Å². The number of hydrogen-bond donors (Lipinski definition) is 1. The molecule has 1 aliphatic rings. The molecule has 0 saturated heterocycles. The molecule has 1 N–H and O–H groups in total. The molecule has 1 heterocycles. The number of halogens is 3. The van der Waals surface area contributed by atoms with E-state index in [1.165, 1.54) is 0 Å². The van der Waals surface area contributed by atoms with Gasteiger partial charge >= 0.3 is 0 Å². The van der Waals surface area contributed by atoms with Crippen molar-refractivity contribution in [3.63, 3.8) is 0 Å². The van der Waals surface area contributed by atoms with Crippen LogP contribution in [0.3, 0.4) is 0 Å². The molecule has 0 radical (unpaired) electrons. The van der Waals surface area contributed by atoms with Crippen LogP contribution < -0.4 is 10.2 Å². The number of rotatable bonds is 12. The molecule has 0 fully saturated rings. The Bertz CT molecular complexity index is 1020. The van der Waals surface area contributed by atoms with E-state index in [9.17, 15) is 0 Å². The van der Waals surface area contributed by atoms with Crippen LogP contribution in [0.25, 0.3) is 12.2 Å². The first-order valence-electron chi connectivity index (χ1n) is 11.8. The van der Waals surface area contributed by atoms with E-state index in [0.717, 1.165) is 42.6 Å². The summed E-state index contributed by atoms with van der Waals surface area (Å²) in [4.78, 5) is 0. The van der Waals surface area contributed by atoms with E-state index >= 15 is 0 Å². The fourth-order valence-corrected chi connectivity index (χ4v) is 3.46. The summed E-state index contributed by atoms with van der Waals surface area (Å²) in [6, 6.07) is 17.6. The minimum atomic E-state index is -1.83. The van der Waals surface area contributed by atoms with Crippen LogP contribution in [0.1, 0.15) is 50.7 Å². The normalized spacial score (nSPS) is 18.2. The van der Waals surface area contributed by atoms with E-state index in [1.54, 1.807) is 0 Å². The summed E-state index contributed by atoms with van der Waals surface area (Å²) in [6.45, 7) is 5.44. The van der Waals surface area contributed by atoms with Gasteiger partial charge in [0.1, 0.15) is 5.75 Å². The van der Waals surface area contributed by atoms with Crippen molar-refractivity contribution in [3.05, 3.63) is 77.6 Å². The van der Waals surface area contributed by atoms with Gasteiger partial charge in [-0.15, -0.1) is 5.10 Å². The largest absolute Gasteiger partial charge is 0.494 e. The predicted octanol–water partition coefficient (Wildman–Crippen LogP) is 7.74. The van der Waals surface area contributed by atoms with Gasteiger partial charge < -0.3 is 14.2 Å². The number of unbranched alkanes of at least 4 members (excludes halogenated alkanes) is 2. The zero-order valence-corrected chi connectivity index (χ0v) is 22.2. The molecule has 0 saturated carbocycles. The lowest BCUT2D eigenvalue weighted by Crippen LogP contribution is -2.43. The average Bonchev–Trinajstić information content (AvgIpc) is 3.30. The Hall–Kier alpha value is -2.34. The molecule has 0 aromatic heterocycles. The third-order valence-corrected chi connectivity index (χ3v) is 5.68. The van der Waals surface area contributed by atoms with Crippen molar-refractivity contribution in [2.45, 2.75) is 49.0 Å². The molecule has 0 aliphatic carbocycles. The predicted molar refractivity (Wildman–Crippen MR) is 146 cm³/mol. The molecule has 0 spiro atoms. The average molecular weight is 538 g/mol.